The van der Waals surface area contributed by atoms with Crippen LogP contribution in [0, 0.1) is 3.57 Å². The van der Waals surface area contributed by atoms with E-state index in [1.54, 1.807) is 13.0 Å². The van der Waals surface area contributed by atoms with Gasteiger partial charge < -0.3 is 14.4 Å². The van der Waals surface area contributed by atoms with E-state index in [0.717, 1.165) is 9.13 Å². The summed E-state index contributed by atoms with van der Waals surface area (Å²) in [5.74, 6) is -0.645. The van der Waals surface area contributed by atoms with Crippen molar-refractivity contribution in [3.05, 3.63) is 79.6 Å². The fourth-order valence-electron chi connectivity index (χ4n) is 3.12. The monoisotopic (exact) mass is 477 g/mol. The Hall–Kier alpha value is -2.19. The molecule has 1 N–H and O–H groups in total. The highest BCUT2D eigenvalue weighted by Gasteiger charge is 2.20. The number of halogens is 1. The van der Waals surface area contributed by atoms with Gasteiger partial charge in [0, 0.05) is 15.2 Å². The Morgan fingerprint density at radius 3 is 2.63 bits per heavy atom. The summed E-state index contributed by atoms with van der Waals surface area (Å²) in [4.78, 5) is 25.2. The van der Waals surface area contributed by atoms with Crippen molar-refractivity contribution in [3.8, 4) is 0 Å². The second-order valence-electron chi connectivity index (χ2n) is 6.19. The summed E-state index contributed by atoms with van der Waals surface area (Å²) in [5, 5.41) is 10.5. The molecule has 0 radical (unpaired) electrons. The predicted molar refractivity (Wildman–Crippen MR) is 113 cm³/mol. The topological polar surface area (TPSA) is 68.5 Å². The lowest BCUT2D eigenvalue weighted by molar-refractivity contribution is 0.0523. The summed E-state index contributed by atoms with van der Waals surface area (Å²) >= 11 is 2.13. The van der Waals surface area contributed by atoms with E-state index in [9.17, 15) is 14.7 Å². The molecule has 3 rings (SSSR count). The number of benzene rings is 2. The first-order valence-corrected chi connectivity index (χ1v) is 9.79. The van der Waals surface area contributed by atoms with Gasteiger partial charge in [0.1, 0.15) is 5.56 Å². The summed E-state index contributed by atoms with van der Waals surface area (Å²) in [5.41, 5.74) is 1.38. The van der Waals surface area contributed by atoms with E-state index >= 15 is 0 Å². The molecule has 27 heavy (non-hydrogen) atoms. The lowest BCUT2D eigenvalue weighted by Gasteiger charge is -2.22. The van der Waals surface area contributed by atoms with Crippen molar-refractivity contribution < 1.29 is 14.6 Å². The first kappa shape index (κ1) is 19.6. The van der Waals surface area contributed by atoms with E-state index in [0.29, 0.717) is 17.3 Å². The van der Waals surface area contributed by atoms with Crippen LogP contribution in [0.25, 0.3) is 10.9 Å². The average Bonchev–Trinajstić information content (AvgIpc) is 2.68. The highest BCUT2D eigenvalue weighted by molar-refractivity contribution is 14.1. The molecule has 0 amide bonds. The van der Waals surface area contributed by atoms with Crippen LogP contribution in [0.3, 0.4) is 0 Å². The number of aromatic nitrogens is 1. The molecule has 140 valence electrons. The molecule has 0 saturated heterocycles. The van der Waals surface area contributed by atoms with Crippen LogP contribution < -0.4 is 5.43 Å². The largest absolute Gasteiger partial charge is 0.462 e. The number of aliphatic hydroxyl groups excluding tert-OH is 1. The maximum absolute atomic E-state index is 12.8. The third kappa shape index (κ3) is 4.22. The van der Waals surface area contributed by atoms with Gasteiger partial charge in [0.05, 0.1) is 24.8 Å². The van der Waals surface area contributed by atoms with Crippen LogP contribution in [-0.4, -0.2) is 28.9 Å². The predicted octanol–water partition coefficient (Wildman–Crippen LogP) is 3.56. The second kappa shape index (κ2) is 8.67. The van der Waals surface area contributed by atoms with E-state index < -0.39 is 5.97 Å². The molecule has 0 aliphatic heterocycles. The lowest BCUT2D eigenvalue weighted by atomic mass is 10.0. The van der Waals surface area contributed by atoms with Crippen molar-refractivity contribution in [1.82, 2.24) is 4.57 Å². The zero-order chi connectivity index (χ0) is 19.4. The van der Waals surface area contributed by atoms with Gasteiger partial charge >= 0.3 is 5.97 Å². The van der Waals surface area contributed by atoms with E-state index in [-0.39, 0.29) is 30.2 Å². The molecule has 2 aromatic carbocycles. The van der Waals surface area contributed by atoms with E-state index in [1.165, 1.54) is 6.20 Å². The molecular formula is C21H20INO4. The normalized spacial score (nSPS) is 12.1. The zero-order valence-corrected chi connectivity index (χ0v) is 17.0. The molecule has 0 bridgehead atoms. The van der Waals surface area contributed by atoms with Gasteiger partial charge in [-0.25, -0.2) is 4.79 Å². The molecule has 0 aliphatic rings. The Bertz CT molecular complexity index is 1010. The number of esters is 1. The first-order valence-electron chi connectivity index (χ1n) is 8.71. The van der Waals surface area contributed by atoms with Crippen LogP contribution in [0.15, 0.2) is 59.5 Å². The number of pyridine rings is 1. The molecule has 0 saturated carbocycles. The molecule has 3 aromatic rings. The number of carbonyl (C=O) groups is 1. The van der Waals surface area contributed by atoms with Gasteiger partial charge in [0.25, 0.3) is 0 Å². The lowest BCUT2D eigenvalue weighted by Crippen LogP contribution is -2.25. The summed E-state index contributed by atoms with van der Waals surface area (Å²) in [6, 6.07) is 15.0. The Labute approximate surface area is 170 Å². The summed E-state index contributed by atoms with van der Waals surface area (Å²) in [7, 11) is 0. The number of rotatable bonds is 6. The van der Waals surface area contributed by atoms with Crippen LogP contribution in [0.5, 0.6) is 0 Å². The molecule has 6 heteroatoms. The molecule has 0 unspecified atom stereocenters. The average molecular weight is 477 g/mol. The Kier molecular flexibility index (Phi) is 6.28. The Morgan fingerprint density at radius 1 is 1.22 bits per heavy atom. The summed E-state index contributed by atoms with van der Waals surface area (Å²) in [6.07, 6.45) is 2.09. The molecule has 0 spiro atoms. The molecule has 0 fully saturated rings. The molecular weight excluding hydrogens is 457 g/mol. The number of hydrogen-bond acceptors (Lipinski definition) is 4. The maximum atomic E-state index is 12.8. The highest BCUT2D eigenvalue weighted by Crippen LogP contribution is 2.22. The SMILES string of the molecule is CCOC(=O)c1cn([C@H](CO)Cc2ccccc2)c2ccc(I)cc2c1=O. The van der Waals surface area contributed by atoms with Gasteiger partial charge in [-0.05, 0) is 59.7 Å². The molecule has 1 atom stereocenters. The molecule has 1 aromatic heterocycles. The summed E-state index contributed by atoms with van der Waals surface area (Å²) in [6.45, 7) is 1.77. The van der Waals surface area contributed by atoms with Crippen molar-refractivity contribution >= 4 is 39.5 Å². The third-order valence-corrected chi connectivity index (χ3v) is 5.08. The van der Waals surface area contributed by atoms with Gasteiger partial charge in [0.2, 0.25) is 5.43 Å². The number of ether oxygens (including phenoxy) is 1. The minimum absolute atomic E-state index is 0.0159. The first-order chi connectivity index (χ1) is 13.0. The van der Waals surface area contributed by atoms with Gasteiger partial charge in [-0.2, -0.15) is 0 Å². The van der Waals surface area contributed by atoms with E-state index in [1.807, 2.05) is 47.0 Å². The van der Waals surface area contributed by atoms with Crippen molar-refractivity contribution in [1.29, 1.82) is 0 Å². The standard InChI is InChI=1S/C21H20INO4/c1-2-27-21(26)18-12-23(16(13-24)10-14-6-4-3-5-7-14)19-9-8-15(22)11-17(19)20(18)25/h3-9,11-12,16,24H,2,10,13H2,1H3/t16-/m0/s1. The maximum Gasteiger partial charge on any atom is 0.343 e. The van der Waals surface area contributed by atoms with E-state index in [2.05, 4.69) is 22.6 Å². The van der Waals surface area contributed by atoms with Crippen molar-refractivity contribution in [2.24, 2.45) is 0 Å². The van der Waals surface area contributed by atoms with Crippen molar-refractivity contribution in [2.45, 2.75) is 19.4 Å². The van der Waals surface area contributed by atoms with Gasteiger partial charge in [0.15, 0.2) is 0 Å². The number of nitrogens with zero attached hydrogens (tertiary/aromatic N) is 1. The van der Waals surface area contributed by atoms with Crippen LogP contribution in [0.4, 0.5) is 0 Å². The molecule has 1 heterocycles. The minimum atomic E-state index is -0.645. The van der Waals surface area contributed by atoms with Crippen molar-refractivity contribution in [3.63, 3.8) is 0 Å². The fraction of sp³-hybridized carbons (Fsp3) is 0.238. The van der Waals surface area contributed by atoms with Gasteiger partial charge in [-0.15, -0.1) is 0 Å². The molecule has 0 aliphatic carbocycles. The molecule has 5 nitrogen and oxygen atoms in total. The van der Waals surface area contributed by atoms with Crippen LogP contribution in [-0.2, 0) is 11.2 Å². The van der Waals surface area contributed by atoms with Crippen LogP contribution >= 0.6 is 22.6 Å². The number of carbonyl (C=O) groups excluding carboxylic acids is 1. The fourth-order valence-corrected chi connectivity index (χ4v) is 3.61. The third-order valence-electron chi connectivity index (χ3n) is 4.41. The van der Waals surface area contributed by atoms with Crippen LogP contribution in [0.1, 0.15) is 28.9 Å². The Morgan fingerprint density at radius 2 is 1.96 bits per heavy atom. The zero-order valence-electron chi connectivity index (χ0n) is 14.9. The second-order valence-corrected chi connectivity index (χ2v) is 7.43. The van der Waals surface area contributed by atoms with Crippen molar-refractivity contribution in [2.75, 3.05) is 13.2 Å². The number of fused-ring (bicyclic) bond motifs is 1. The van der Waals surface area contributed by atoms with E-state index in [4.69, 9.17) is 4.74 Å². The number of aliphatic hydroxyl groups is 1. The van der Waals surface area contributed by atoms with Gasteiger partial charge in [-0.1, -0.05) is 30.3 Å². The quantitative estimate of drug-likeness (QED) is 0.436. The highest BCUT2D eigenvalue weighted by atomic mass is 127. The smallest absolute Gasteiger partial charge is 0.343 e. The minimum Gasteiger partial charge on any atom is -0.462 e. The summed E-state index contributed by atoms with van der Waals surface area (Å²) < 4.78 is 7.77. The van der Waals surface area contributed by atoms with Crippen LogP contribution in [0.2, 0.25) is 0 Å². The Balaban J connectivity index is 2.19. The number of hydrogen-bond donors (Lipinski definition) is 1. The van der Waals surface area contributed by atoms with Gasteiger partial charge in [-0.3, -0.25) is 4.79 Å².